The zero-order valence-electron chi connectivity index (χ0n) is 12.8. The zero-order valence-corrected chi connectivity index (χ0v) is 12.8. The van der Waals surface area contributed by atoms with E-state index in [0.717, 1.165) is 25.2 Å². The Morgan fingerprint density at radius 1 is 1.15 bits per heavy atom. The molecule has 1 atom stereocenters. The number of nitrogens with zero attached hydrogens (tertiary/aromatic N) is 3. The van der Waals surface area contributed by atoms with Crippen molar-refractivity contribution in [2.45, 2.75) is 46.2 Å². The van der Waals surface area contributed by atoms with Crippen molar-refractivity contribution in [3.63, 3.8) is 0 Å². The highest BCUT2D eigenvalue weighted by Crippen LogP contribution is 2.12. The SMILES string of the molecule is CCn1ncnc1CC(Cc1cc(C)cc(C)c1)NC. The summed E-state index contributed by atoms with van der Waals surface area (Å²) >= 11 is 0. The summed E-state index contributed by atoms with van der Waals surface area (Å²) in [7, 11) is 2.01. The van der Waals surface area contributed by atoms with Gasteiger partial charge in [0.05, 0.1) is 0 Å². The van der Waals surface area contributed by atoms with Crippen LogP contribution in [-0.2, 0) is 19.4 Å². The van der Waals surface area contributed by atoms with E-state index in [4.69, 9.17) is 0 Å². The van der Waals surface area contributed by atoms with Crippen LogP contribution in [0.2, 0.25) is 0 Å². The second-order valence-electron chi connectivity index (χ2n) is 5.38. The third-order valence-electron chi connectivity index (χ3n) is 3.60. The summed E-state index contributed by atoms with van der Waals surface area (Å²) in [6.45, 7) is 7.27. The summed E-state index contributed by atoms with van der Waals surface area (Å²) in [5, 5.41) is 7.63. The van der Waals surface area contributed by atoms with Gasteiger partial charge in [-0.25, -0.2) is 4.98 Å². The number of aromatic nitrogens is 3. The lowest BCUT2D eigenvalue weighted by atomic mass is 9.99. The Hall–Kier alpha value is -1.68. The van der Waals surface area contributed by atoms with Crippen LogP contribution in [0.4, 0.5) is 0 Å². The first-order valence-electron chi connectivity index (χ1n) is 7.23. The van der Waals surface area contributed by atoms with Crippen molar-refractivity contribution in [2.24, 2.45) is 0 Å². The average Bonchev–Trinajstić information content (AvgIpc) is 2.84. The maximum absolute atomic E-state index is 4.36. The zero-order chi connectivity index (χ0) is 14.5. The van der Waals surface area contributed by atoms with E-state index in [1.807, 2.05) is 11.7 Å². The molecule has 0 saturated carbocycles. The number of benzene rings is 1. The maximum Gasteiger partial charge on any atom is 0.138 e. The highest BCUT2D eigenvalue weighted by molar-refractivity contribution is 5.29. The van der Waals surface area contributed by atoms with Gasteiger partial charge >= 0.3 is 0 Å². The van der Waals surface area contributed by atoms with Gasteiger partial charge in [0.15, 0.2) is 0 Å². The molecule has 20 heavy (non-hydrogen) atoms. The predicted octanol–water partition coefficient (Wildman–Crippen LogP) is 2.29. The van der Waals surface area contributed by atoms with Gasteiger partial charge in [0.2, 0.25) is 0 Å². The fourth-order valence-electron chi connectivity index (χ4n) is 2.68. The molecule has 0 aliphatic heterocycles. The van der Waals surface area contributed by atoms with Crippen LogP contribution in [0.25, 0.3) is 0 Å². The van der Waals surface area contributed by atoms with Crippen molar-refractivity contribution in [3.05, 3.63) is 47.0 Å². The van der Waals surface area contributed by atoms with Crippen molar-refractivity contribution in [1.82, 2.24) is 20.1 Å². The summed E-state index contributed by atoms with van der Waals surface area (Å²) in [4.78, 5) is 4.36. The molecule has 0 spiro atoms. The predicted molar refractivity (Wildman–Crippen MR) is 81.9 cm³/mol. The Bertz CT molecular complexity index is 539. The van der Waals surface area contributed by atoms with Crippen LogP contribution in [-0.4, -0.2) is 27.9 Å². The highest BCUT2D eigenvalue weighted by atomic mass is 15.3. The van der Waals surface area contributed by atoms with Crippen molar-refractivity contribution in [2.75, 3.05) is 7.05 Å². The van der Waals surface area contributed by atoms with Crippen LogP contribution in [0.15, 0.2) is 24.5 Å². The molecule has 0 radical (unpaired) electrons. The van der Waals surface area contributed by atoms with Gasteiger partial charge in [0, 0.05) is 19.0 Å². The van der Waals surface area contributed by atoms with E-state index in [-0.39, 0.29) is 0 Å². The van der Waals surface area contributed by atoms with E-state index in [9.17, 15) is 0 Å². The van der Waals surface area contributed by atoms with E-state index in [0.29, 0.717) is 6.04 Å². The van der Waals surface area contributed by atoms with E-state index in [2.05, 4.69) is 54.4 Å². The van der Waals surface area contributed by atoms with Crippen LogP contribution in [0.3, 0.4) is 0 Å². The van der Waals surface area contributed by atoms with Gasteiger partial charge in [0.1, 0.15) is 12.2 Å². The molecule has 0 bridgehead atoms. The molecule has 2 aromatic rings. The molecule has 0 saturated heterocycles. The second-order valence-corrected chi connectivity index (χ2v) is 5.38. The fourth-order valence-corrected chi connectivity index (χ4v) is 2.68. The lowest BCUT2D eigenvalue weighted by Gasteiger charge is -2.17. The van der Waals surface area contributed by atoms with Crippen LogP contribution >= 0.6 is 0 Å². The summed E-state index contributed by atoms with van der Waals surface area (Å²) in [6, 6.07) is 7.13. The van der Waals surface area contributed by atoms with Crippen LogP contribution < -0.4 is 5.32 Å². The average molecular weight is 272 g/mol. The largest absolute Gasteiger partial charge is 0.316 e. The lowest BCUT2D eigenvalue weighted by Crippen LogP contribution is -2.31. The van der Waals surface area contributed by atoms with Crippen molar-refractivity contribution < 1.29 is 0 Å². The van der Waals surface area contributed by atoms with Gasteiger partial charge in [-0.3, -0.25) is 4.68 Å². The molecule has 0 fully saturated rings. The van der Waals surface area contributed by atoms with Crippen LogP contribution in [0.1, 0.15) is 29.4 Å². The highest BCUT2D eigenvalue weighted by Gasteiger charge is 2.13. The standard InChI is InChI=1S/C16H24N4/c1-5-20-16(18-11-19-20)10-15(17-4)9-14-7-12(2)6-13(3)8-14/h6-8,11,15,17H,5,9-10H2,1-4H3. The summed E-state index contributed by atoms with van der Waals surface area (Å²) < 4.78 is 1.96. The molecule has 1 aromatic heterocycles. The molecular formula is C16H24N4. The van der Waals surface area contributed by atoms with E-state index < -0.39 is 0 Å². The van der Waals surface area contributed by atoms with E-state index in [1.54, 1.807) is 6.33 Å². The molecule has 1 heterocycles. The van der Waals surface area contributed by atoms with Crippen molar-refractivity contribution >= 4 is 0 Å². The summed E-state index contributed by atoms with van der Waals surface area (Å²) in [6.07, 6.45) is 3.55. The summed E-state index contributed by atoms with van der Waals surface area (Å²) in [5.41, 5.74) is 4.03. The van der Waals surface area contributed by atoms with Gasteiger partial charge in [-0.05, 0) is 39.8 Å². The monoisotopic (exact) mass is 272 g/mol. The molecule has 4 heteroatoms. The molecule has 4 nitrogen and oxygen atoms in total. The van der Waals surface area contributed by atoms with Crippen molar-refractivity contribution in [3.8, 4) is 0 Å². The molecule has 1 unspecified atom stereocenters. The minimum atomic E-state index is 0.380. The number of nitrogens with one attached hydrogen (secondary N) is 1. The Kier molecular flexibility index (Phi) is 4.90. The number of rotatable bonds is 6. The van der Waals surface area contributed by atoms with Gasteiger partial charge < -0.3 is 5.32 Å². The third-order valence-corrected chi connectivity index (χ3v) is 3.60. The van der Waals surface area contributed by atoms with E-state index in [1.165, 1.54) is 16.7 Å². The first-order chi connectivity index (χ1) is 9.62. The van der Waals surface area contributed by atoms with Gasteiger partial charge in [0.25, 0.3) is 0 Å². The fraction of sp³-hybridized carbons (Fsp3) is 0.500. The second kappa shape index (κ2) is 6.66. The Labute approximate surface area is 121 Å². The molecule has 108 valence electrons. The van der Waals surface area contributed by atoms with Gasteiger partial charge in [-0.2, -0.15) is 5.10 Å². The summed E-state index contributed by atoms with van der Waals surface area (Å²) in [5.74, 6) is 1.05. The normalized spacial score (nSPS) is 12.6. The number of aryl methyl sites for hydroxylation is 3. The van der Waals surface area contributed by atoms with Crippen LogP contribution in [0.5, 0.6) is 0 Å². The molecule has 1 aromatic carbocycles. The minimum absolute atomic E-state index is 0.380. The quantitative estimate of drug-likeness (QED) is 0.877. The molecule has 0 aliphatic carbocycles. The topological polar surface area (TPSA) is 42.7 Å². The number of likely N-dealkylation sites (N-methyl/N-ethyl adjacent to an activating group) is 1. The van der Waals surface area contributed by atoms with Crippen molar-refractivity contribution in [1.29, 1.82) is 0 Å². The van der Waals surface area contributed by atoms with Gasteiger partial charge in [-0.15, -0.1) is 0 Å². The molecule has 2 rings (SSSR count). The number of hydrogen-bond donors (Lipinski definition) is 1. The first kappa shape index (κ1) is 14.7. The molecule has 1 N–H and O–H groups in total. The Morgan fingerprint density at radius 2 is 1.85 bits per heavy atom. The minimum Gasteiger partial charge on any atom is -0.316 e. The van der Waals surface area contributed by atoms with Gasteiger partial charge in [-0.1, -0.05) is 29.3 Å². The molecule has 0 aliphatic rings. The van der Waals surface area contributed by atoms with Crippen LogP contribution in [0, 0.1) is 13.8 Å². The number of hydrogen-bond acceptors (Lipinski definition) is 3. The smallest absolute Gasteiger partial charge is 0.138 e. The third kappa shape index (κ3) is 3.67. The lowest BCUT2D eigenvalue weighted by molar-refractivity contribution is 0.513. The Balaban J connectivity index is 2.09. The molecular weight excluding hydrogens is 248 g/mol. The maximum atomic E-state index is 4.36. The Morgan fingerprint density at radius 3 is 2.45 bits per heavy atom. The van der Waals surface area contributed by atoms with E-state index >= 15 is 0 Å². The molecule has 0 amide bonds. The first-order valence-corrected chi connectivity index (χ1v) is 7.23.